The number of β-amino-alcohol motifs (C(OH)–C–C–N with tert-alkyl or cyclic N) is 2. The predicted molar refractivity (Wildman–Crippen MR) is 97.1 cm³/mol. The minimum absolute atomic E-state index is 0.229. The standard InChI is InChI=1S/C19H38N2O3/c1-15(2)18-5-4-16(3)12-19(18)24-14-17(23)13-21-8-6-20(7-9-21)10-11-22/h15-19,22-23H,4-14H2,1-3H3/t16-,17-,18+,19-/m0/s1. The molecule has 1 saturated heterocycles. The van der Waals surface area contributed by atoms with Crippen molar-refractivity contribution in [3.63, 3.8) is 0 Å². The Morgan fingerprint density at radius 2 is 1.75 bits per heavy atom. The van der Waals surface area contributed by atoms with E-state index in [1.165, 1.54) is 12.8 Å². The zero-order valence-electron chi connectivity index (χ0n) is 15.9. The Labute approximate surface area is 148 Å². The van der Waals surface area contributed by atoms with Crippen molar-refractivity contribution in [2.45, 2.75) is 52.2 Å². The molecule has 0 aromatic heterocycles. The maximum atomic E-state index is 10.4. The summed E-state index contributed by atoms with van der Waals surface area (Å²) in [5.41, 5.74) is 0. The lowest BCUT2D eigenvalue weighted by molar-refractivity contribution is -0.0755. The van der Waals surface area contributed by atoms with Gasteiger partial charge in [0.2, 0.25) is 0 Å². The van der Waals surface area contributed by atoms with Crippen LogP contribution in [0.2, 0.25) is 0 Å². The molecule has 5 heteroatoms. The molecule has 0 bridgehead atoms. The summed E-state index contributed by atoms with van der Waals surface area (Å²) in [6.07, 6.45) is 3.61. The van der Waals surface area contributed by atoms with Crippen LogP contribution in [-0.2, 0) is 4.74 Å². The third-order valence-electron chi connectivity index (χ3n) is 5.81. The van der Waals surface area contributed by atoms with Crippen LogP contribution in [0.25, 0.3) is 0 Å². The van der Waals surface area contributed by atoms with E-state index < -0.39 is 6.10 Å². The Bertz CT molecular complexity index is 346. The first kappa shape index (κ1) is 20.1. The van der Waals surface area contributed by atoms with Gasteiger partial charge in [0, 0.05) is 39.3 Å². The lowest BCUT2D eigenvalue weighted by Crippen LogP contribution is -2.49. The lowest BCUT2D eigenvalue weighted by atomic mass is 9.75. The SMILES string of the molecule is CC(C)[C@H]1CC[C@H](C)C[C@@H]1OC[C@@H](O)CN1CCN(CCO)CC1. The second-order valence-electron chi connectivity index (χ2n) is 8.22. The zero-order valence-corrected chi connectivity index (χ0v) is 15.9. The van der Waals surface area contributed by atoms with Crippen molar-refractivity contribution in [3.05, 3.63) is 0 Å². The Hall–Kier alpha value is -0.200. The molecule has 2 N–H and O–H groups in total. The van der Waals surface area contributed by atoms with Crippen molar-refractivity contribution >= 4 is 0 Å². The molecule has 2 rings (SSSR count). The Morgan fingerprint density at radius 3 is 2.38 bits per heavy atom. The van der Waals surface area contributed by atoms with E-state index in [2.05, 4.69) is 30.6 Å². The third-order valence-corrected chi connectivity index (χ3v) is 5.81. The molecule has 1 aliphatic heterocycles. The third kappa shape index (κ3) is 6.26. The van der Waals surface area contributed by atoms with Gasteiger partial charge in [-0.05, 0) is 30.6 Å². The van der Waals surface area contributed by atoms with E-state index >= 15 is 0 Å². The number of hydrogen-bond acceptors (Lipinski definition) is 5. The van der Waals surface area contributed by atoms with E-state index in [1.54, 1.807) is 0 Å². The van der Waals surface area contributed by atoms with Crippen molar-refractivity contribution < 1.29 is 14.9 Å². The number of nitrogens with zero attached hydrogens (tertiary/aromatic N) is 2. The van der Waals surface area contributed by atoms with Gasteiger partial charge in [-0.1, -0.05) is 27.2 Å². The average molecular weight is 343 g/mol. The van der Waals surface area contributed by atoms with Crippen LogP contribution in [0.1, 0.15) is 40.0 Å². The number of aliphatic hydroxyl groups excluding tert-OH is 2. The first-order valence-electron chi connectivity index (χ1n) is 9.84. The highest BCUT2D eigenvalue weighted by Crippen LogP contribution is 2.35. The van der Waals surface area contributed by atoms with Gasteiger partial charge >= 0.3 is 0 Å². The highest BCUT2D eigenvalue weighted by Gasteiger charge is 2.32. The Morgan fingerprint density at radius 1 is 1.08 bits per heavy atom. The second kappa shape index (κ2) is 10.1. The number of rotatable bonds is 8. The van der Waals surface area contributed by atoms with Gasteiger partial charge in [0.1, 0.15) is 0 Å². The first-order chi connectivity index (χ1) is 11.5. The van der Waals surface area contributed by atoms with Crippen molar-refractivity contribution in [2.75, 3.05) is 52.5 Å². The molecule has 0 aromatic rings. The predicted octanol–water partition coefficient (Wildman–Crippen LogP) is 1.43. The molecular formula is C19H38N2O3. The van der Waals surface area contributed by atoms with Crippen LogP contribution >= 0.6 is 0 Å². The fourth-order valence-electron chi connectivity index (χ4n) is 4.23. The first-order valence-corrected chi connectivity index (χ1v) is 9.84. The van der Waals surface area contributed by atoms with E-state index in [0.29, 0.717) is 31.1 Å². The number of aliphatic hydroxyl groups is 2. The fraction of sp³-hybridized carbons (Fsp3) is 1.00. The molecular weight excluding hydrogens is 304 g/mol. The van der Waals surface area contributed by atoms with Gasteiger partial charge in [0.25, 0.3) is 0 Å². The molecule has 1 heterocycles. The van der Waals surface area contributed by atoms with Gasteiger partial charge in [0.15, 0.2) is 0 Å². The Kier molecular flexibility index (Phi) is 8.44. The molecule has 1 saturated carbocycles. The van der Waals surface area contributed by atoms with Crippen molar-refractivity contribution in [1.82, 2.24) is 9.80 Å². The maximum absolute atomic E-state index is 10.4. The summed E-state index contributed by atoms with van der Waals surface area (Å²) in [5.74, 6) is 2.02. The fourth-order valence-corrected chi connectivity index (χ4v) is 4.23. The van der Waals surface area contributed by atoms with Crippen molar-refractivity contribution in [2.24, 2.45) is 17.8 Å². The van der Waals surface area contributed by atoms with Gasteiger partial charge in [-0.15, -0.1) is 0 Å². The highest BCUT2D eigenvalue weighted by atomic mass is 16.5. The smallest absolute Gasteiger partial charge is 0.0900 e. The van der Waals surface area contributed by atoms with Crippen molar-refractivity contribution in [3.8, 4) is 0 Å². The summed E-state index contributed by atoms with van der Waals surface area (Å²) < 4.78 is 6.17. The van der Waals surface area contributed by atoms with Gasteiger partial charge in [-0.2, -0.15) is 0 Å². The van der Waals surface area contributed by atoms with Crippen LogP contribution in [0.15, 0.2) is 0 Å². The van der Waals surface area contributed by atoms with Crippen LogP contribution in [0.5, 0.6) is 0 Å². The zero-order chi connectivity index (χ0) is 17.5. The van der Waals surface area contributed by atoms with Crippen molar-refractivity contribution in [1.29, 1.82) is 0 Å². The Balaban J connectivity index is 1.69. The van der Waals surface area contributed by atoms with Crippen LogP contribution in [-0.4, -0.2) is 84.7 Å². The molecule has 1 aliphatic carbocycles. The maximum Gasteiger partial charge on any atom is 0.0900 e. The number of piperazine rings is 1. The molecule has 0 aromatic carbocycles. The minimum atomic E-state index is -0.403. The molecule has 0 unspecified atom stereocenters. The van der Waals surface area contributed by atoms with E-state index in [1.807, 2.05) is 0 Å². The van der Waals surface area contributed by atoms with Crippen LogP contribution in [0.4, 0.5) is 0 Å². The van der Waals surface area contributed by atoms with Gasteiger partial charge in [-0.25, -0.2) is 0 Å². The molecule has 2 aliphatic rings. The largest absolute Gasteiger partial charge is 0.395 e. The van der Waals surface area contributed by atoms with Crippen LogP contribution < -0.4 is 0 Å². The van der Waals surface area contributed by atoms with Gasteiger partial charge in [-0.3, -0.25) is 9.80 Å². The van der Waals surface area contributed by atoms with Crippen LogP contribution in [0, 0.1) is 17.8 Å². The van der Waals surface area contributed by atoms with E-state index in [4.69, 9.17) is 9.84 Å². The molecule has 142 valence electrons. The molecule has 0 radical (unpaired) electrons. The summed E-state index contributed by atoms with van der Waals surface area (Å²) in [4.78, 5) is 4.58. The van der Waals surface area contributed by atoms with Gasteiger partial charge in [0.05, 0.1) is 25.4 Å². The highest BCUT2D eigenvalue weighted by molar-refractivity contribution is 4.82. The summed E-state index contributed by atoms with van der Waals surface area (Å²) in [7, 11) is 0. The molecule has 4 atom stereocenters. The average Bonchev–Trinajstić information content (AvgIpc) is 2.55. The number of ether oxygens (including phenoxy) is 1. The summed E-state index contributed by atoms with van der Waals surface area (Å²) in [6.45, 7) is 12.9. The molecule has 0 spiro atoms. The number of hydrogen-bond donors (Lipinski definition) is 2. The normalized spacial score (nSPS) is 31.5. The molecule has 0 amide bonds. The summed E-state index contributed by atoms with van der Waals surface area (Å²) in [6, 6.07) is 0. The van der Waals surface area contributed by atoms with E-state index in [9.17, 15) is 5.11 Å². The second-order valence-corrected chi connectivity index (χ2v) is 8.22. The van der Waals surface area contributed by atoms with E-state index in [-0.39, 0.29) is 6.61 Å². The monoisotopic (exact) mass is 342 g/mol. The molecule has 5 nitrogen and oxygen atoms in total. The topological polar surface area (TPSA) is 56.2 Å². The summed E-state index contributed by atoms with van der Waals surface area (Å²) in [5, 5.41) is 19.4. The summed E-state index contributed by atoms with van der Waals surface area (Å²) >= 11 is 0. The molecule has 24 heavy (non-hydrogen) atoms. The minimum Gasteiger partial charge on any atom is -0.395 e. The lowest BCUT2D eigenvalue weighted by Gasteiger charge is -2.38. The van der Waals surface area contributed by atoms with E-state index in [0.717, 1.165) is 45.1 Å². The quantitative estimate of drug-likeness (QED) is 0.699. The molecule has 2 fully saturated rings. The van der Waals surface area contributed by atoms with Crippen LogP contribution in [0.3, 0.4) is 0 Å². The van der Waals surface area contributed by atoms with Gasteiger partial charge < -0.3 is 14.9 Å².